The topological polar surface area (TPSA) is 67.6 Å². The molecule has 1 heterocycles. The third kappa shape index (κ3) is 5.72. The number of para-hydroxylation sites is 1. The Balaban J connectivity index is 1.28. The summed E-state index contributed by atoms with van der Waals surface area (Å²) in [6, 6.07) is 26.3. The highest BCUT2D eigenvalue weighted by Gasteiger charge is 2.22. The van der Waals surface area contributed by atoms with Gasteiger partial charge in [-0.25, -0.2) is 4.79 Å². The predicted octanol–water partition coefficient (Wildman–Crippen LogP) is 5.03. The highest BCUT2D eigenvalue weighted by Crippen LogP contribution is 2.28. The lowest BCUT2D eigenvalue weighted by molar-refractivity contribution is 0.0567. The summed E-state index contributed by atoms with van der Waals surface area (Å²) in [5, 5.41) is 2.93. The van der Waals surface area contributed by atoms with Crippen molar-refractivity contribution in [1.82, 2.24) is 4.90 Å². The van der Waals surface area contributed by atoms with Crippen molar-refractivity contribution < 1.29 is 9.53 Å². The van der Waals surface area contributed by atoms with Gasteiger partial charge in [0.05, 0.1) is 5.69 Å². The maximum absolute atomic E-state index is 12.5. The number of carbonyl (C=O) groups is 1. The van der Waals surface area contributed by atoms with Crippen LogP contribution in [0.2, 0.25) is 0 Å². The number of benzene rings is 3. The molecule has 0 aliphatic carbocycles. The van der Waals surface area contributed by atoms with E-state index in [-0.39, 0.29) is 12.2 Å². The van der Waals surface area contributed by atoms with Crippen molar-refractivity contribution in [2.24, 2.45) is 5.73 Å². The highest BCUT2D eigenvalue weighted by molar-refractivity contribution is 5.91. The first-order valence-corrected chi connectivity index (χ1v) is 10.8. The molecule has 0 aromatic heterocycles. The van der Waals surface area contributed by atoms with E-state index in [4.69, 9.17) is 10.5 Å². The Morgan fingerprint density at radius 1 is 0.903 bits per heavy atom. The number of hydrogen-bond donors (Lipinski definition) is 2. The normalized spacial score (nSPS) is 14.9. The van der Waals surface area contributed by atoms with Gasteiger partial charge >= 0.3 is 6.09 Å². The van der Waals surface area contributed by atoms with Gasteiger partial charge in [0.2, 0.25) is 0 Å². The molecule has 0 unspecified atom stereocenters. The van der Waals surface area contributed by atoms with E-state index < -0.39 is 0 Å². The zero-order chi connectivity index (χ0) is 21.5. The number of anilines is 1. The molecule has 31 heavy (non-hydrogen) atoms. The fourth-order valence-electron chi connectivity index (χ4n) is 3.98. The molecule has 3 N–H and O–H groups in total. The molecule has 160 valence electrons. The van der Waals surface area contributed by atoms with Crippen LogP contribution >= 0.6 is 0 Å². The smallest absolute Gasteiger partial charge is 0.411 e. The largest absolute Gasteiger partial charge is 0.446 e. The van der Waals surface area contributed by atoms with Gasteiger partial charge in [0.1, 0.15) is 6.10 Å². The van der Waals surface area contributed by atoms with Crippen molar-refractivity contribution in [2.45, 2.75) is 32.0 Å². The minimum Gasteiger partial charge on any atom is -0.446 e. The molecular weight excluding hydrogens is 386 g/mol. The molecule has 5 nitrogen and oxygen atoms in total. The molecule has 3 aromatic rings. The predicted molar refractivity (Wildman–Crippen MR) is 125 cm³/mol. The maximum atomic E-state index is 12.5. The Kier molecular flexibility index (Phi) is 6.97. The van der Waals surface area contributed by atoms with Gasteiger partial charge < -0.3 is 10.5 Å². The van der Waals surface area contributed by atoms with Crippen LogP contribution in [0.4, 0.5) is 10.5 Å². The number of rotatable bonds is 6. The highest BCUT2D eigenvalue weighted by atomic mass is 16.6. The number of piperidine rings is 1. The Morgan fingerprint density at radius 3 is 2.26 bits per heavy atom. The third-order valence-corrected chi connectivity index (χ3v) is 5.72. The summed E-state index contributed by atoms with van der Waals surface area (Å²) < 4.78 is 5.72. The van der Waals surface area contributed by atoms with Crippen LogP contribution in [0, 0.1) is 0 Å². The summed E-state index contributed by atoms with van der Waals surface area (Å²) in [7, 11) is 0. The molecule has 1 amide bonds. The zero-order valence-corrected chi connectivity index (χ0v) is 17.7. The number of amides is 1. The van der Waals surface area contributed by atoms with Gasteiger partial charge in [-0.1, -0.05) is 72.8 Å². The van der Waals surface area contributed by atoms with Crippen LogP contribution in [-0.2, 0) is 17.8 Å². The van der Waals surface area contributed by atoms with E-state index in [1.54, 1.807) is 0 Å². The summed E-state index contributed by atoms with van der Waals surface area (Å²) >= 11 is 0. The Labute approximate surface area is 183 Å². The fraction of sp³-hybridized carbons (Fsp3) is 0.269. The first-order valence-electron chi connectivity index (χ1n) is 10.8. The quantitative estimate of drug-likeness (QED) is 0.593. The van der Waals surface area contributed by atoms with Crippen LogP contribution in [-0.4, -0.2) is 30.2 Å². The third-order valence-electron chi connectivity index (χ3n) is 5.72. The van der Waals surface area contributed by atoms with Crippen molar-refractivity contribution in [1.29, 1.82) is 0 Å². The molecule has 0 saturated carbocycles. The first-order chi connectivity index (χ1) is 15.2. The Morgan fingerprint density at radius 2 is 1.55 bits per heavy atom. The van der Waals surface area contributed by atoms with Crippen molar-refractivity contribution in [3.63, 3.8) is 0 Å². The molecule has 1 fully saturated rings. The van der Waals surface area contributed by atoms with Gasteiger partial charge in [-0.2, -0.15) is 0 Å². The summed E-state index contributed by atoms with van der Waals surface area (Å²) in [5.41, 5.74) is 10.9. The number of nitrogens with two attached hydrogens (primary N) is 1. The molecule has 1 aliphatic heterocycles. The SMILES string of the molecule is NCc1ccc(CN2CCC(OC(=O)Nc3ccccc3-c3ccccc3)CC2)cc1. The molecule has 1 saturated heterocycles. The average Bonchev–Trinajstić information content (AvgIpc) is 2.82. The molecular formula is C26H29N3O2. The number of hydrogen-bond acceptors (Lipinski definition) is 4. The number of carbonyl (C=O) groups excluding carboxylic acids is 1. The molecule has 3 aromatic carbocycles. The standard InChI is InChI=1S/C26H29N3O2/c27-18-20-10-12-21(13-11-20)19-29-16-14-23(15-17-29)31-26(30)28-25-9-5-4-8-24(25)22-6-2-1-3-7-22/h1-13,23H,14-19,27H2,(H,28,30). The molecule has 0 spiro atoms. The molecule has 0 atom stereocenters. The van der Waals surface area contributed by atoms with Gasteiger partial charge in [0, 0.05) is 31.7 Å². The summed E-state index contributed by atoms with van der Waals surface area (Å²) in [6.07, 6.45) is 1.24. The minimum absolute atomic E-state index is 0.0558. The first kappa shape index (κ1) is 21.1. The zero-order valence-electron chi connectivity index (χ0n) is 17.7. The van der Waals surface area contributed by atoms with Crippen LogP contribution in [0.3, 0.4) is 0 Å². The van der Waals surface area contributed by atoms with Crippen molar-refractivity contribution in [2.75, 3.05) is 18.4 Å². The summed E-state index contributed by atoms with van der Waals surface area (Å²) in [5.74, 6) is 0. The van der Waals surface area contributed by atoms with Gasteiger partial charge in [-0.15, -0.1) is 0 Å². The molecule has 0 radical (unpaired) electrons. The van der Waals surface area contributed by atoms with E-state index >= 15 is 0 Å². The fourth-order valence-corrected chi connectivity index (χ4v) is 3.98. The van der Waals surface area contributed by atoms with E-state index in [1.165, 1.54) is 5.56 Å². The molecule has 5 heteroatoms. The molecule has 0 bridgehead atoms. The van der Waals surface area contributed by atoms with E-state index in [9.17, 15) is 4.79 Å². The van der Waals surface area contributed by atoms with E-state index in [2.05, 4.69) is 34.5 Å². The Hall–Kier alpha value is -3.15. The van der Waals surface area contributed by atoms with E-state index in [1.807, 2.05) is 54.6 Å². The van der Waals surface area contributed by atoms with Crippen LogP contribution in [0.15, 0.2) is 78.9 Å². The second-order valence-electron chi connectivity index (χ2n) is 7.94. The average molecular weight is 416 g/mol. The lowest BCUT2D eigenvalue weighted by Gasteiger charge is -2.31. The Bertz CT molecular complexity index is 981. The van der Waals surface area contributed by atoms with Gasteiger partial charge in [-0.05, 0) is 35.6 Å². The summed E-state index contributed by atoms with van der Waals surface area (Å²) in [4.78, 5) is 14.9. The molecule has 1 aliphatic rings. The van der Waals surface area contributed by atoms with Crippen molar-refractivity contribution in [3.8, 4) is 11.1 Å². The number of ether oxygens (including phenoxy) is 1. The maximum Gasteiger partial charge on any atom is 0.411 e. The minimum atomic E-state index is -0.390. The second kappa shape index (κ2) is 10.2. The van der Waals surface area contributed by atoms with Crippen LogP contribution in [0.5, 0.6) is 0 Å². The number of likely N-dealkylation sites (tertiary alicyclic amines) is 1. The van der Waals surface area contributed by atoms with Crippen molar-refractivity contribution >= 4 is 11.8 Å². The van der Waals surface area contributed by atoms with Crippen LogP contribution < -0.4 is 11.1 Å². The lowest BCUT2D eigenvalue weighted by atomic mass is 10.0. The molecule has 4 rings (SSSR count). The second-order valence-corrected chi connectivity index (χ2v) is 7.94. The van der Waals surface area contributed by atoms with Gasteiger partial charge in [-0.3, -0.25) is 10.2 Å². The lowest BCUT2D eigenvalue weighted by Crippen LogP contribution is -2.38. The van der Waals surface area contributed by atoms with Crippen LogP contribution in [0.25, 0.3) is 11.1 Å². The number of nitrogens with zero attached hydrogens (tertiary/aromatic N) is 1. The van der Waals surface area contributed by atoms with Gasteiger partial charge in [0.15, 0.2) is 0 Å². The van der Waals surface area contributed by atoms with Gasteiger partial charge in [0.25, 0.3) is 0 Å². The van der Waals surface area contributed by atoms with E-state index in [0.29, 0.717) is 6.54 Å². The van der Waals surface area contributed by atoms with E-state index in [0.717, 1.165) is 54.9 Å². The number of nitrogens with one attached hydrogen (secondary N) is 1. The van der Waals surface area contributed by atoms with Crippen LogP contribution in [0.1, 0.15) is 24.0 Å². The summed E-state index contributed by atoms with van der Waals surface area (Å²) in [6.45, 7) is 3.31. The monoisotopic (exact) mass is 415 g/mol. The van der Waals surface area contributed by atoms with Crippen molar-refractivity contribution in [3.05, 3.63) is 90.0 Å².